The quantitative estimate of drug-likeness (QED) is 0.625. The smallest absolute Gasteiger partial charge is 0.285 e. The van der Waals surface area contributed by atoms with E-state index in [9.17, 15) is 14.9 Å². The summed E-state index contributed by atoms with van der Waals surface area (Å²) >= 11 is 0. The van der Waals surface area contributed by atoms with Crippen molar-refractivity contribution in [3.8, 4) is 0 Å². The summed E-state index contributed by atoms with van der Waals surface area (Å²) in [5, 5.41) is 14.2. The molecule has 0 radical (unpaired) electrons. The van der Waals surface area contributed by atoms with Crippen LogP contribution in [-0.4, -0.2) is 48.6 Å². The van der Waals surface area contributed by atoms with Crippen LogP contribution in [0.1, 0.15) is 27.5 Å². The third-order valence-corrected chi connectivity index (χ3v) is 4.79. The number of rotatable bonds is 6. The van der Waals surface area contributed by atoms with Crippen molar-refractivity contribution < 1.29 is 14.5 Å². The molecule has 0 spiro atoms. The molecule has 1 aliphatic rings. The largest absolute Gasteiger partial charge is 0.379 e. The normalized spacial score (nSPS) is 15.9. The lowest BCUT2D eigenvalue weighted by Crippen LogP contribution is -2.43. The molecular weight excluding hydrogens is 346 g/mol. The SMILES string of the molecule is Cc1cccc(C(=O)NCC(c2ccccc2)N2CCOCC2)c1[N+](=O)[O-]. The Kier molecular flexibility index (Phi) is 6.16. The average Bonchev–Trinajstić information content (AvgIpc) is 2.69. The number of nitro benzene ring substituents is 1. The molecule has 0 saturated carbocycles. The van der Waals surface area contributed by atoms with Crippen LogP contribution in [0.25, 0.3) is 0 Å². The van der Waals surface area contributed by atoms with Crippen molar-refractivity contribution in [2.24, 2.45) is 0 Å². The van der Waals surface area contributed by atoms with E-state index in [1.165, 1.54) is 6.07 Å². The molecule has 1 atom stereocenters. The Hall–Kier alpha value is -2.77. The van der Waals surface area contributed by atoms with E-state index >= 15 is 0 Å². The molecule has 1 saturated heterocycles. The highest BCUT2D eigenvalue weighted by atomic mass is 16.6. The number of morpholine rings is 1. The second-order valence-corrected chi connectivity index (χ2v) is 6.51. The van der Waals surface area contributed by atoms with E-state index in [4.69, 9.17) is 4.74 Å². The molecule has 2 aromatic carbocycles. The van der Waals surface area contributed by atoms with Gasteiger partial charge in [0.05, 0.1) is 24.2 Å². The topological polar surface area (TPSA) is 84.7 Å². The molecule has 1 heterocycles. The molecule has 1 unspecified atom stereocenters. The lowest BCUT2D eigenvalue weighted by atomic mass is 10.0. The molecule has 7 nitrogen and oxygen atoms in total. The van der Waals surface area contributed by atoms with Gasteiger partial charge in [-0.1, -0.05) is 42.5 Å². The number of nitrogens with one attached hydrogen (secondary N) is 1. The standard InChI is InChI=1S/C20H23N3O4/c1-15-6-5-9-17(19(15)23(25)26)20(24)21-14-18(16-7-3-2-4-8-16)22-10-12-27-13-11-22/h2-9,18H,10-14H2,1H3,(H,21,24). The van der Waals surface area contributed by atoms with Gasteiger partial charge in [-0.2, -0.15) is 0 Å². The number of carbonyl (C=O) groups is 1. The summed E-state index contributed by atoms with van der Waals surface area (Å²) in [4.78, 5) is 25.8. The van der Waals surface area contributed by atoms with E-state index < -0.39 is 10.8 Å². The predicted molar refractivity (Wildman–Crippen MR) is 102 cm³/mol. The number of amides is 1. The summed E-state index contributed by atoms with van der Waals surface area (Å²) in [6, 6.07) is 14.7. The number of hydrogen-bond donors (Lipinski definition) is 1. The van der Waals surface area contributed by atoms with Crippen LogP contribution >= 0.6 is 0 Å². The van der Waals surface area contributed by atoms with Gasteiger partial charge in [-0.3, -0.25) is 19.8 Å². The van der Waals surface area contributed by atoms with Crippen LogP contribution in [-0.2, 0) is 4.74 Å². The molecule has 3 rings (SSSR count). The summed E-state index contributed by atoms with van der Waals surface area (Å²) < 4.78 is 5.43. The van der Waals surface area contributed by atoms with Gasteiger partial charge in [0.2, 0.25) is 0 Å². The Morgan fingerprint density at radius 2 is 1.89 bits per heavy atom. The van der Waals surface area contributed by atoms with Gasteiger partial charge < -0.3 is 10.1 Å². The van der Waals surface area contributed by atoms with Crippen LogP contribution < -0.4 is 5.32 Å². The fourth-order valence-corrected chi connectivity index (χ4v) is 3.39. The van der Waals surface area contributed by atoms with E-state index in [-0.39, 0.29) is 17.3 Å². The lowest BCUT2D eigenvalue weighted by Gasteiger charge is -2.34. The molecular formula is C20H23N3O4. The Morgan fingerprint density at radius 3 is 2.56 bits per heavy atom. The molecule has 1 amide bonds. The minimum Gasteiger partial charge on any atom is -0.379 e. The minimum absolute atomic E-state index is 0.0112. The Labute approximate surface area is 158 Å². The average molecular weight is 369 g/mol. The third-order valence-electron chi connectivity index (χ3n) is 4.79. The number of nitrogens with zero attached hydrogens (tertiary/aromatic N) is 2. The number of para-hydroxylation sites is 1. The molecule has 0 aliphatic carbocycles. The fourth-order valence-electron chi connectivity index (χ4n) is 3.39. The van der Waals surface area contributed by atoms with Gasteiger partial charge in [0.25, 0.3) is 11.6 Å². The molecule has 1 aliphatic heterocycles. The van der Waals surface area contributed by atoms with Crippen LogP contribution in [0, 0.1) is 17.0 Å². The van der Waals surface area contributed by atoms with Crippen molar-refractivity contribution in [2.45, 2.75) is 13.0 Å². The number of carbonyl (C=O) groups excluding carboxylic acids is 1. The maximum absolute atomic E-state index is 12.7. The summed E-state index contributed by atoms with van der Waals surface area (Å²) in [6.45, 7) is 4.87. The molecule has 1 N–H and O–H groups in total. The highest BCUT2D eigenvalue weighted by Crippen LogP contribution is 2.24. The van der Waals surface area contributed by atoms with Crippen molar-refractivity contribution in [1.29, 1.82) is 0 Å². The van der Waals surface area contributed by atoms with Crippen molar-refractivity contribution in [3.05, 3.63) is 75.3 Å². The van der Waals surface area contributed by atoms with Gasteiger partial charge in [0.15, 0.2) is 0 Å². The maximum Gasteiger partial charge on any atom is 0.285 e. The first kappa shape index (κ1) is 19.0. The number of ether oxygens (including phenoxy) is 1. The van der Waals surface area contributed by atoms with Gasteiger partial charge in [-0.25, -0.2) is 0 Å². The van der Waals surface area contributed by atoms with Crippen LogP contribution in [0.4, 0.5) is 5.69 Å². The zero-order chi connectivity index (χ0) is 19.2. The number of nitro groups is 1. The van der Waals surface area contributed by atoms with Crippen LogP contribution in [0.2, 0.25) is 0 Å². The van der Waals surface area contributed by atoms with E-state index in [0.29, 0.717) is 25.3 Å². The third kappa shape index (κ3) is 4.50. The number of benzene rings is 2. The first-order valence-corrected chi connectivity index (χ1v) is 8.97. The summed E-state index contributed by atoms with van der Waals surface area (Å²) in [5.41, 5.74) is 1.52. The van der Waals surface area contributed by atoms with Gasteiger partial charge >= 0.3 is 0 Å². The monoisotopic (exact) mass is 369 g/mol. The van der Waals surface area contributed by atoms with Crippen LogP contribution in [0.3, 0.4) is 0 Å². The van der Waals surface area contributed by atoms with Crippen molar-refractivity contribution in [2.75, 3.05) is 32.8 Å². The van der Waals surface area contributed by atoms with E-state index in [1.807, 2.05) is 30.3 Å². The second kappa shape index (κ2) is 8.75. The molecule has 0 aromatic heterocycles. The highest BCUT2D eigenvalue weighted by molar-refractivity contribution is 5.98. The molecule has 1 fully saturated rings. The first-order chi connectivity index (χ1) is 13.1. The molecule has 0 bridgehead atoms. The van der Waals surface area contributed by atoms with Gasteiger partial charge in [-0.05, 0) is 18.6 Å². The molecule has 142 valence electrons. The van der Waals surface area contributed by atoms with Crippen molar-refractivity contribution in [3.63, 3.8) is 0 Å². The van der Waals surface area contributed by atoms with Gasteiger partial charge in [0, 0.05) is 25.2 Å². The molecule has 7 heteroatoms. The van der Waals surface area contributed by atoms with Crippen molar-refractivity contribution >= 4 is 11.6 Å². The minimum atomic E-state index is -0.499. The summed E-state index contributed by atoms with van der Waals surface area (Å²) in [5.74, 6) is -0.431. The zero-order valence-electron chi connectivity index (χ0n) is 15.3. The van der Waals surface area contributed by atoms with Gasteiger partial charge in [0.1, 0.15) is 5.56 Å². The van der Waals surface area contributed by atoms with E-state index in [1.54, 1.807) is 19.1 Å². The first-order valence-electron chi connectivity index (χ1n) is 8.97. The molecule has 2 aromatic rings. The second-order valence-electron chi connectivity index (χ2n) is 6.51. The van der Waals surface area contributed by atoms with Crippen LogP contribution in [0.5, 0.6) is 0 Å². The number of hydrogen-bond acceptors (Lipinski definition) is 5. The zero-order valence-corrected chi connectivity index (χ0v) is 15.3. The number of aryl methyl sites for hydroxylation is 1. The highest BCUT2D eigenvalue weighted by Gasteiger charge is 2.26. The van der Waals surface area contributed by atoms with E-state index in [2.05, 4.69) is 10.2 Å². The van der Waals surface area contributed by atoms with E-state index in [0.717, 1.165) is 18.7 Å². The lowest BCUT2D eigenvalue weighted by molar-refractivity contribution is -0.385. The Balaban J connectivity index is 1.78. The van der Waals surface area contributed by atoms with Gasteiger partial charge in [-0.15, -0.1) is 0 Å². The summed E-state index contributed by atoms with van der Waals surface area (Å²) in [7, 11) is 0. The Bertz CT molecular complexity index is 804. The summed E-state index contributed by atoms with van der Waals surface area (Å²) in [6.07, 6.45) is 0. The van der Waals surface area contributed by atoms with Crippen LogP contribution in [0.15, 0.2) is 48.5 Å². The Morgan fingerprint density at radius 1 is 1.19 bits per heavy atom. The molecule has 27 heavy (non-hydrogen) atoms. The maximum atomic E-state index is 12.7. The predicted octanol–water partition coefficient (Wildman–Crippen LogP) is 2.71. The fraction of sp³-hybridized carbons (Fsp3) is 0.350. The van der Waals surface area contributed by atoms with Crippen molar-refractivity contribution in [1.82, 2.24) is 10.2 Å².